The van der Waals surface area contributed by atoms with E-state index in [1.807, 2.05) is 12.1 Å². The first-order chi connectivity index (χ1) is 6.42. The summed E-state index contributed by atoms with van der Waals surface area (Å²) in [6.45, 7) is 2.18. The number of hydrogen-bond donors (Lipinski definition) is 0. The van der Waals surface area contributed by atoms with Gasteiger partial charge in [0.2, 0.25) is 0 Å². The fourth-order valence-electron chi connectivity index (χ4n) is 1.43. The highest BCUT2D eigenvalue weighted by Crippen LogP contribution is 2.17. The van der Waals surface area contributed by atoms with Crippen LogP contribution in [-0.2, 0) is 6.42 Å². The van der Waals surface area contributed by atoms with Gasteiger partial charge in [-0.3, -0.25) is 0 Å². The van der Waals surface area contributed by atoms with E-state index in [-0.39, 0.29) is 0 Å². The van der Waals surface area contributed by atoms with Crippen LogP contribution in [0.25, 0.3) is 11.1 Å². The van der Waals surface area contributed by atoms with Crippen molar-refractivity contribution in [1.82, 2.24) is 10.4 Å². The Bertz CT molecular complexity index is 394. The van der Waals surface area contributed by atoms with E-state index in [2.05, 4.69) is 23.4 Å². The molecule has 0 atom stereocenters. The Balaban J connectivity index is 2.37. The molecule has 68 valence electrons. The van der Waals surface area contributed by atoms with Crippen molar-refractivity contribution in [2.75, 3.05) is 0 Å². The average molecular weight is 176 g/mol. The predicted molar refractivity (Wildman–Crippen MR) is 50.4 cm³/mol. The van der Waals surface area contributed by atoms with Crippen LogP contribution in [0.4, 0.5) is 0 Å². The van der Waals surface area contributed by atoms with Gasteiger partial charge < -0.3 is 4.52 Å². The molecule has 1 aromatic carbocycles. The Morgan fingerprint density at radius 3 is 3.15 bits per heavy atom. The second-order valence-corrected chi connectivity index (χ2v) is 3.14. The second-order valence-electron chi connectivity index (χ2n) is 3.14. The molecule has 1 heterocycles. The van der Waals surface area contributed by atoms with E-state index in [0.29, 0.717) is 0 Å². The van der Waals surface area contributed by atoms with Gasteiger partial charge in [-0.05, 0) is 24.5 Å². The maximum Gasteiger partial charge on any atom is 0.187 e. The van der Waals surface area contributed by atoms with E-state index in [9.17, 15) is 0 Å². The summed E-state index contributed by atoms with van der Waals surface area (Å²) >= 11 is 0. The lowest BCUT2D eigenvalue weighted by molar-refractivity contribution is 0.424. The van der Waals surface area contributed by atoms with Crippen LogP contribution in [-0.4, -0.2) is 10.4 Å². The van der Waals surface area contributed by atoms with Gasteiger partial charge in [-0.1, -0.05) is 25.5 Å². The van der Waals surface area contributed by atoms with Gasteiger partial charge in [0.1, 0.15) is 5.52 Å². The molecule has 0 unspecified atom stereocenters. The maximum absolute atomic E-state index is 4.98. The summed E-state index contributed by atoms with van der Waals surface area (Å²) in [5, 5.41) is 7.50. The van der Waals surface area contributed by atoms with Crippen molar-refractivity contribution in [3.8, 4) is 0 Å². The van der Waals surface area contributed by atoms with Crippen molar-refractivity contribution < 1.29 is 4.52 Å². The van der Waals surface area contributed by atoms with E-state index in [1.165, 1.54) is 18.4 Å². The van der Waals surface area contributed by atoms with Gasteiger partial charge in [-0.15, -0.1) is 5.10 Å². The molecule has 0 saturated carbocycles. The van der Waals surface area contributed by atoms with Gasteiger partial charge in [0.25, 0.3) is 0 Å². The molecule has 1 aromatic heterocycles. The van der Waals surface area contributed by atoms with Crippen LogP contribution in [0, 0.1) is 0 Å². The molecule has 0 aliphatic carbocycles. The smallest absolute Gasteiger partial charge is 0.187 e. The van der Waals surface area contributed by atoms with Gasteiger partial charge >= 0.3 is 0 Å². The van der Waals surface area contributed by atoms with Crippen LogP contribution in [0.15, 0.2) is 22.7 Å². The predicted octanol–water partition coefficient (Wildman–Crippen LogP) is 2.57. The van der Waals surface area contributed by atoms with Crippen LogP contribution < -0.4 is 0 Å². The van der Waals surface area contributed by atoms with Crippen LogP contribution in [0.1, 0.15) is 25.3 Å². The minimum Gasteiger partial charge on any atom is -0.337 e. The molecule has 0 aliphatic rings. The molecular formula is C10H12N2O. The first-order valence-electron chi connectivity index (χ1n) is 4.61. The van der Waals surface area contributed by atoms with E-state index < -0.39 is 0 Å². The molecule has 3 heteroatoms. The molecular weight excluding hydrogens is 164 g/mol. The van der Waals surface area contributed by atoms with Crippen LogP contribution in [0.5, 0.6) is 0 Å². The third-order valence-corrected chi connectivity index (χ3v) is 2.16. The lowest BCUT2D eigenvalue weighted by Crippen LogP contribution is -1.86. The molecule has 3 nitrogen and oxygen atoms in total. The summed E-state index contributed by atoms with van der Waals surface area (Å²) in [5.74, 6) is 0. The van der Waals surface area contributed by atoms with Crippen molar-refractivity contribution in [3.63, 3.8) is 0 Å². The fraction of sp³-hybridized carbons (Fsp3) is 0.400. The average Bonchev–Trinajstić information content (AvgIpc) is 2.62. The highest BCUT2D eigenvalue weighted by molar-refractivity contribution is 5.75. The standard InChI is InChI=1S/C10H12N2O/c1-2-3-5-8-6-4-7-9-10(8)11-12-13-9/h4,6-7H,2-3,5H2,1H3. The highest BCUT2D eigenvalue weighted by Gasteiger charge is 2.04. The van der Waals surface area contributed by atoms with E-state index in [4.69, 9.17) is 4.52 Å². The van der Waals surface area contributed by atoms with E-state index >= 15 is 0 Å². The van der Waals surface area contributed by atoms with Crippen LogP contribution in [0.2, 0.25) is 0 Å². The number of fused-ring (bicyclic) bond motifs is 1. The third kappa shape index (κ3) is 1.54. The molecule has 0 aliphatic heterocycles. The van der Waals surface area contributed by atoms with Crippen molar-refractivity contribution in [2.24, 2.45) is 0 Å². The molecule has 0 N–H and O–H groups in total. The SMILES string of the molecule is CCCCc1cccc2onnc12. The lowest BCUT2D eigenvalue weighted by Gasteiger charge is -1.97. The van der Waals surface area contributed by atoms with Gasteiger partial charge in [0.05, 0.1) is 0 Å². The second kappa shape index (κ2) is 3.56. The molecule has 2 aromatic rings. The van der Waals surface area contributed by atoms with Gasteiger partial charge in [-0.2, -0.15) is 0 Å². The fourth-order valence-corrected chi connectivity index (χ4v) is 1.43. The van der Waals surface area contributed by atoms with Gasteiger partial charge in [0.15, 0.2) is 5.58 Å². The Kier molecular flexibility index (Phi) is 2.25. The molecule has 2 rings (SSSR count). The molecule has 0 amide bonds. The lowest BCUT2D eigenvalue weighted by atomic mass is 10.1. The minimum absolute atomic E-state index is 0.786. The zero-order valence-electron chi connectivity index (χ0n) is 7.66. The summed E-state index contributed by atoms with van der Waals surface area (Å²) in [5.41, 5.74) is 2.94. The molecule has 13 heavy (non-hydrogen) atoms. The number of rotatable bonds is 3. The topological polar surface area (TPSA) is 38.9 Å². The van der Waals surface area contributed by atoms with Gasteiger partial charge in [-0.25, -0.2) is 0 Å². The molecule has 0 radical (unpaired) electrons. The monoisotopic (exact) mass is 176 g/mol. The summed E-state index contributed by atoms with van der Waals surface area (Å²) in [7, 11) is 0. The summed E-state index contributed by atoms with van der Waals surface area (Å²) in [6, 6.07) is 5.97. The van der Waals surface area contributed by atoms with Gasteiger partial charge in [0, 0.05) is 5.27 Å². The number of benzene rings is 1. The normalized spacial score (nSPS) is 10.8. The highest BCUT2D eigenvalue weighted by atomic mass is 16.5. The van der Waals surface area contributed by atoms with Crippen molar-refractivity contribution in [2.45, 2.75) is 26.2 Å². The number of hydrogen-bond acceptors (Lipinski definition) is 3. The Morgan fingerprint density at radius 1 is 1.38 bits per heavy atom. The largest absolute Gasteiger partial charge is 0.337 e. The Morgan fingerprint density at radius 2 is 2.31 bits per heavy atom. The first kappa shape index (κ1) is 8.23. The molecule has 0 saturated heterocycles. The molecule has 0 spiro atoms. The zero-order valence-corrected chi connectivity index (χ0v) is 7.66. The summed E-state index contributed by atoms with van der Waals surface area (Å²) in [4.78, 5) is 0. The third-order valence-electron chi connectivity index (χ3n) is 2.16. The quantitative estimate of drug-likeness (QED) is 0.721. The summed E-state index contributed by atoms with van der Waals surface area (Å²) in [6.07, 6.45) is 3.44. The Hall–Kier alpha value is -1.38. The van der Waals surface area contributed by atoms with Crippen molar-refractivity contribution in [1.29, 1.82) is 0 Å². The van der Waals surface area contributed by atoms with E-state index in [0.717, 1.165) is 17.5 Å². The first-order valence-corrected chi connectivity index (χ1v) is 4.61. The number of nitrogens with zero attached hydrogens (tertiary/aromatic N) is 2. The van der Waals surface area contributed by atoms with Crippen molar-refractivity contribution >= 4 is 11.1 Å². The molecule has 0 fully saturated rings. The van der Waals surface area contributed by atoms with Crippen molar-refractivity contribution in [3.05, 3.63) is 23.8 Å². The van der Waals surface area contributed by atoms with Crippen LogP contribution in [0.3, 0.4) is 0 Å². The number of aromatic nitrogens is 2. The van der Waals surface area contributed by atoms with Crippen LogP contribution >= 0.6 is 0 Å². The van der Waals surface area contributed by atoms with E-state index in [1.54, 1.807) is 0 Å². The number of unbranched alkanes of at least 4 members (excludes halogenated alkanes) is 1. The summed E-state index contributed by atoms with van der Waals surface area (Å²) < 4.78 is 4.98. The number of aryl methyl sites for hydroxylation is 1. The maximum atomic E-state index is 4.98. The minimum atomic E-state index is 0.786. The Labute approximate surface area is 76.7 Å². The molecule has 0 bridgehead atoms. The zero-order chi connectivity index (χ0) is 9.10.